The molecule has 3 N–H and O–H groups in total. The van der Waals surface area contributed by atoms with Crippen molar-refractivity contribution >= 4 is 23.2 Å². The zero-order valence-corrected chi connectivity index (χ0v) is 13.1. The molecule has 0 unspecified atom stereocenters. The van der Waals surface area contributed by atoms with E-state index in [2.05, 4.69) is 10.2 Å². The monoisotopic (exact) mass is 332 g/mol. The van der Waals surface area contributed by atoms with Crippen LogP contribution in [0.25, 0.3) is 0 Å². The largest absolute Gasteiger partial charge is 0.508 e. The van der Waals surface area contributed by atoms with Crippen LogP contribution >= 0.6 is 11.6 Å². The van der Waals surface area contributed by atoms with Crippen molar-refractivity contribution in [1.29, 1.82) is 0 Å². The number of benzene rings is 2. The van der Waals surface area contributed by atoms with Gasteiger partial charge in [0.1, 0.15) is 11.5 Å². The number of halogens is 1. The molecule has 1 fully saturated rings. The van der Waals surface area contributed by atoms with Crippen molar-refractivity contribution < 1.29 is 15.0 Å². The third-order valence-corrected chi connectivity index (χ3v) is 4.13. The average Bonchev–Trinajstić information content (AvgIpc) is 2.95. The number of rotatable bonds is 3. The van der Waals surface area contributed by atoms with Gasteiger partial charge in [0.15, 0.2) is 0 Å². The van der Waals surface area contributed by atoms with Crippen molar-refractivity contribution in [3.8, 4) is 11.5 Å². The summed E-state index contributed by atoms with van der Waals surface area (Å²) < 4.78 is 0. The fourth-order valence-corrected chi connectivity index (χ4v) is 2.89. The molecule has 1 saturated heterocycles. The lowest BCUT2D eigenvalue weighted by atomic mass is 10.1. The summed E-state index contributed by atoms with van der Waals surface area (Å²) in [5.74, 6) is -0.576. The van der Waals surface area contributed by atoms with Crippen LogP contribution in [0, 0.1) is 0 Å². The first-order valence-corrected chi connectivity index (χ1v) is 7.73. The number of amides is 1. The van der Waals surface area contributed by atoms with E-state index in [1.807, 2.05) is 24.3 Å². The third kappa shape index (κ3) is 3.68. The Kier molecular flexibility index (Phi) is 4.30. The molecule has 0 bridgehead atoms. The molecule has 6 heteroatoms. The van der Waals surface area contributed by atoms with Gasteiger partial charge in [-0.3, -0.25) is 4.79 Å². The zero-order valence-electron chi connectivity index (χ0n) is 12.4. The average molecular weight is 333 g/mol. The Hall–Kier alpha value is -2.40. The van der Waals surface area contributed by atoms with E-state index in [1.54, 1.807) is 0 Å². The molecule has 120 valence electrons. The van der Waals surface area contributed by atoms with E-state index in [-0.39, 0.29) is 29.0 Å². The fraction of sp³-hybridized carbons (Fsp3) is 0.235. The van der Waals surface area contributed by atoms with E-state index < -0.39 is 0 Å². The van der Waals surface area contributed by atoms with Crippen LogP contribution < -0.4 is 10.2 Å². The standard InChI is InChI=1S/C17H17ClN2O3/c18-12-1-3-14(4-2-12)20-6-5-13(10-20)19-17(23)11-7-15(21)9-16(22)8-11/h1-4,7-9,13,21-22H,5-6,10H2,(H,19,23)/t13-/m1/s1. The Morgan fingerprint density at radius 2 is 1.78 bits per heavy atom. The van der Waals surface area contributed by atoms with E-state index in [1.165, 1.54) is 18.2 Å². The summed E-state index contributed by atoms with van der Waals surface area (Å²) in [7, 11) is 0. The molecule has 0 radical (unpaired) electrons. The number of anilines is 1. The highest BCUT2D eigenvalue weighted by molar-refractivity contribution is 6.30. The topological polar surface area (TPSA) is 72.8 Å². The summed E-state index contributed by atoms with van der Waals surface area (Å²) in [5.41, 5.74) is 1.31. The van der Waals surface area contributed by atoms with Crippen molar-refractivity contribution in [2.24, 2.45) is 0 Å². The minimum atomic E-state index is -0.306. The maximum absolute atomic E-state index is 12.2. The highest BCUT2D eigenvalue weighted by Crippen LogP contribution is 2.23. The van der Waals surface area contributed by atoms with E-state index >= 15 is 0 Å². The molecule has 1 heterocycles. The van der Waals surface area contributed by atoms with Gasteiger partial charge in [0.25, 0.3) is 5.91 Å². The van der Waals surface area contributed by atoms with Crippen molar-refractivity contribution in [2.45, 2.75) is 12.5 Å². The number of hydrogen-bond donors (Lipinski definition) is 3. The molecular formula is C17H17ClN2O3. The Morgan fingerprint density at radius 1 is 1.13 bits per heavy atom. The van der Waals surface area contributed by atoms with Crippen LogP contribution in [0.2, 0.25) is 5.02 Å². The minimum absolute atomic E-state index is 0.0164. The molecule has 1 atom stereocenters. The molecule has 0 saturated carbocycles. The summed E-state index contributed by atoms with van der Waals surface area (Å²) in [6, 6.07) is 11.5. The number of aromatic hydroxyl groups is 2. The lowest BCUT2D eigenvalue weighted by Gasteiger charge is -2.19. The number of nitrogens with zero attached hydrogens (tertiary/aromatic N) is 1. The van der Waals surface area contributed by atoms with E-state index in [0.717, 1.165) is 18.7 Å². The molecule has 0 aromatic heterocycles. The van der Waals surface area contributed by atoms with Gasteiger partial charge < -0.3 is 20.4 Å². The first kappa shape index (κ1) is 15.5. The molecule has 3 rings (SSSR count). The SMILES string of the molecule is O=C(N[C@@H]1CCN(c2ccc(Cl)cc2)C1)c1cc(O)cc(O)c1. The van der Waals surface area contributed by atoms with E-state index in [9.17, 15) is 15.0 Å². The van der Waals surface area contributed by atoms with Gasteiger partial charge in [0, 0.05) is 41.5 Å². The maximum atomic E-state index is 12.2. The van der Waals surface area contributed by atoms with Crippen LogP contribution in [-0.4, -0.2) is 35.3 Å². The normalized spacial score (nSPS) is 17.3. The van der Waals surface area contributed by atoms with Gasteiger partial charge >= 0.3 is 0 Å². The van der Waals surface area contributed by atoms with E-state index in [4.69, 9.17) is 11.6 Å². The molecule has 1 amide bonds. The molecule has 5 nitrogen and oxygen atoms in total. The molecule has 2 aromatic rings. The van der Waals surface area contributed by atoms with Gasteiger partial charge in [-0.2, -0.15) is 0 Å². The maximum Gasteiger partial charge on any atom is 0.251 e. The van der Waals surface area contributed by atoms with Crippen LogP contribution in [0.15, 0.2) is 42.5 Å². The molecule has 1 aliphatic rings. The molecule has 1 aliphatic heterocycles. The highest BCUT2D eigenvalue weighted by Gasteiger charge is 2.24. The lowest BCUT2D eigenvalue weighted by Crippen LogP contribution is -2.37. The molecule has 0 aliphatic carbocycles. The summed E-state index contributed by atoms with van der Waals surface area (Å²) >= 11 is 5.89. The van der Waals surface area contributed by atoms with Crippen molar-refractivity contribution in [3.05, 3.63) is 53.1 Å². The Labute approximate surface area is 139 Å². The predicted molar refractivity (Wildman–Crippen MR) is 89.3 cm³/mol. The van der Waals surface area contributed by atoms with Gasteiger partial charge in [-0.25, -0.2) is 0 Å². The van der Waals surface area contributed by atoms with Crippen LogP contribution in [0.4, 0.5) is 5.69 Å². The summed E-state index contributed by atoms with van der Waals surface area (Å²) in [5, 5.41) is 22.5. The van der Waals surface area contributed by atoms with Crippen molar-refractivity contribution in [1.82, 2.24) is 5.32 Å². The van der Waals surface area contributed by atoms with Crippen LogP contribution in [0.3, 0.4) is 0 Å². The first-order chi connectivity index (χ1) is 11.0. The second-order valence-electron chi connectivity index (χ2n) is 5.62. The number of phenolic OH excluding ortho intramolecular Hbond substituents is 2. The van der Waals surface area contributed by atoms with Crippen LogP contribution in [0.1, 0.15) is 16.8 Å². The smallest absolute Gasteiger partial charge is 0.251 e. The quantitative estimate of drug-likeness (QED) is 0.808. The summed E-state index contributed by atoms with van der Waals surface area (Å²) in [4.78, 5) is 14.4. The number of nitrogens with one attached hydrogen (secondary N) is 1. The minimum Gasteiger partial charge on any atom is -0.508 e. The van der Waals surface area contributed by atoms with E-state index in [0.29, 0.717) is 11.6 Å². The Morgan fingerprint density at radius 3 is 2.43 bits per heavy atom. The third-order valence-electron chi connectivity index (χ3n) is 3.88. The molecule has 0 spiro atoms. The van der Waals surface area contributed by atoms with Gasteiger partial charge in [-0.1, -0.05) is 11.6 Å². The molecule has 23 heavy (non-hydrogen) atoms. The van der Waals surface area contributed by atoms with Crippen molar-refractivity contribution in [2.75, 3.05) is 18.0 Å². The predicted octanol–water partition coefficient (Wildman–Crippen LogP) is 2.76. The Bertz CT molecular complexity index is 698. The van der Waals surface area contributed by atoms with Gasteiger partial charge in [-0.05, 0) is 42.8 Å². The second-order valence-corrected chi connectivity index (χ2v) is 6.06. The lowest BCUT2D eigenvalue weighted by molar-refractivity contribution is 0.0939. The van der Waals surface area contributed by atoms with Crippen LogP contribution in [0.5, 0.6) is 11.5 Å². The number of carbonyl (C=O) groups is 1. The Balaban J connectivity index is 1.63. The van der Waals surface area contributed by atoms with Crippen LogP contribution in [-0.2, 0) is 0 Å². The molecular weight excluding hydrogens is 316 g/mol. The number of hydrogen-bond acceptors (Lipinski definition) is 4. The molecule has 2 aromatic carbocycles. The second kappa shape index (κ2) is 6.38. The van der Waals surface area contributed by atoms with Crippen molar-refractivity contribution in [3.63, 3.8) is 0 Å². The van der Waals surface area contributed by atoms with Gasteiger partial charge in [0.2, 0.25) is 0 Å². The van der Waals surface area contributed by atoms with Gasteiger partial charge in [-0.15, -0.1) is 0 Å². The number of carbonyl (C=O) groups excluding carboxylic acids is 1. The first-order valence-electron chi connectivity index (χ1n) is 7.35. The summed E-state index contributed by atoms with van der Waals surface area (Å²) in [6.45, 7) is 1.55. The fourth-order valence-electron chi connectivity index (χ4n) is 2.76. The zero-order chi connectivity index (χ0) is 16.4. The summed E-state index contributed by atoms with van der Waals surface area (Å²) in [6.07, 6.45) is 0.833. The van der Waals surface area contributed by atoms with Gasteiger partial charge in [0.05, 0.1) is 0 Å². The number of phenols is 2. The highest BCUT2D eigenvalue weighted by atomic mass is 35.5.